The van der Waals surface area contributed by atoms with Gasteiger partial charge in [0.1, 0.15) is 5.82 Å². The molecule has 0 bridgehead atoms. The molecule has 1 saturated heterocycles. The standard InChI is InChI=1S/C25H20Cl2F4N2O2/c1-14-8-15(6-7-21(14)23(34)32-20-5-3-4-19(28)12-20)22-13-24(25(29,30)31,35-33(22)2)16-9-17(26)11-18(27)10-16/h3-12,22H,13H2,1-2H3,(H,32,34). The predicted molar refractivity (Wildman–Crippen MR) is 126 cm³/mol. The topological polar surface area (TPSA) is 41.6 Å². The van der Waals surface area contributed by atoms with Gasteiger partial charge in [0, 0.05) is 34.8 Å². The summed E-state index contributed by atoms with van der Waals surface area (Å²) < 4.78 is 56.6. The number of benzene rings is 3. The number of alkyl halides is 3. The summed E-state index contributed by atoms with van der Waals surface area (Å²) in [4.78, 5) is 18.1. The fourth-order valence-electron chi connectivity index (χ4n) is 4.28. The maximum Gasteiger partial charge on any atom is 0.423 e. The number of halogens is 6. The Bertz CT molecular complexity index is 1260. The Morgan fingerprint density at radius 1 is 1.09 bits per heavy atom. The molecule has 0 aromatic heterocycles. The van der Waals surface area contributed by atoms with Gasteiger partial charge in [0.05, 0.1) is 6.04 Å². The van der Waals surface area contributed by atoms with Gasteiger partial charge < -0.3 is 5.32 Å². The van der Waals surface area contributed by atoms with Gasteiger partial charge in [0.2, 0.25) is 5.60 Å². The molecule has 10 heteroatoms. The van der Waals surface area contributed by atoms with Gasteiger partial charge in [-0.3, -0.25) is 9.63 Å². The molecule has 1 aliphatic rings. The second kappa shape index (κ2) is 9.43. The number of nitrogens with one attached hydrogen (secondary N) is 1. The lowest BCUT2D eigenvalue weighted by atomic mass is 9.85. The summed E-state index contributed by atoms with van der Waals surface area (Å²) >= 11 is 12.0. The Morgan fingerprint density at radius 2 is 1.77 bits per heavy atom. The van der Waals surface area contributed by atoms with E-state index < -0.39 is 36.0 Å². The van der Waals surface area contributed by atoms with Crippen LogP contribution in [0.4, 0.5) is 23.2 Å². The van der Waals surface area contributed by atoms with E-state index in [1.54, 1.807) is 25.1 Å². The average Bonchev–Trinajstić information content (AvgIpc) is 3.11. The van der Waals surface area contributed by atoms with E-state index in [9.17, 15) is 22.4 Å². The van der Waals surface area contributed by atoms with E-state index in [1.165, 1.54) is 49.5 Å². The first-order chi connectivity index (χ1) is 16.4. The van der Waals surface area contributed by atoms with Crippen LogP contribution in [-0.2, 0) is 10.4 Å². The van der Waals surface area contributed by atoms with Crippen LogP contribution in [0.15, 0.2) is 60.7 Å². The molecule has 3 aromatic carbocycles. The average molecular weight is 527 g/mol. The molecule has 4 rings (SSSR count). The molecule has 1 fully saturated rings. The van der Waals surface area contributed by atoms with Crippen molar-refractivity contribution >= 4 is 34.8 Å². The molecule has 35 heavy (non-hydrogen) atoms. The summed E-state index contributed by atoms with van der Waals surface area (Å²) in [6.45, 7) is 1.67. The number of hydroxylamine groups is 2. The lowest BCUT2D eigenvalue weighted by Gasteiger charge is -2.31. The Balaban J connectivity index is 1.64. The van der Waals surface area contributed by atoms with Gasteiger partial charge in [-0.15, -0.1) is 0 Å². The van der Waals surface area contributed by atoms with Crippen molar-refractivity contribution in [3.05, 3.63) is 98.8 Å². The molecule has 3 aromatic rings. The van der Waals surface area contributed by atoms with Crippen molar-refractivity contribution in [1.82, 2.24) is 5.06 Å². The number of anilines is 1. The van der Waals surface area contributed by atoms with Gasteiger partial charge in [-0.25, -0.2) is 4.39 Å². The minimum atomic E-state index is -4.76. The smallest absolute Gasteiger partial charge is 0.322 e. The first kappa shape index (κ1) is 25.4. The van der Waals surface area contributed by atoms with Crippen LogP contribution in [0.2, 0.25) is 10.0 Å². The number of aryl methyl sites for hydroxylation is 1. The summed E-state index contributed by atoms with van der Waals surface area (Å²) in [6, 6.07) is 13.2. The van der Waals surface area contributed by atoms with Crippen molar-refractivity contribution < 1.29 is 27.2 Å². The molecule has 1 aliphatic heterocycles. The molecular formula is C25H20Cl2F4N2O2. The lowest BCUT2D eigenvalue weighted by Crippen LogP contribution is -2.42. The van der Waals surface area contributed by atoms with Crippen molar-refractivity contribution in [2.75, 3.05) is 12.4 Å². The van der Waals surface area contributed by atoms with Crippen LogP contribution in [0.3, 0.4) is 0 Å². The normalized spacial score (nSPS) is 20.7. The molecule has 2 atom stereocenters. The monoisotopic (exact) mass is 526 g/mol. The van der Waals surface area contributed by atoms with Crippen LogP contribution in [0.5, 0.6) is 0 Å². The lowest BCUT2D eigenvalue weighted by molar-refractivity contribution is -0.322. The highest BCUT2D eigenvalue weighted by Crippen LogP contribution is 2.54. The van der Waals surface area contributed by atoms with E-state index in [0.717, 1.165) is 5.06 Å². The molecule has 0 saturated carbocycles. The highest BCUT2D eigenvalue weighted by Gasteiger charge is 2.63. The van der Waals surface area contributed by atoms with E-state index in [1.807, 2.05) is 0 Å². The molecule has 2 unspecified atom stereocenters. The van der Waals surface area contributed by atoms with Crippen LogP contribution in [0.25, 0.3) is 0 Å². The maximum absolute atomic E-state index is 14.4. The summed E-state index contributed by atoms with van der Waals surface area (Å²) in [7, 11) is 1.42. The summed E-state index contributed by atoms with van der Waals surface area (Å²) in [5.41, 5.74) is -1.17. The van der Waals surface area contributed by atoms with Crippen molar-refractivity contribution in [2.45, 2.75) is 31.2 Å². The second-order valence-electron chi connectivity index (χ2n) is 8.38. The van der Waals surface area contributed by atoms with Gasteiger partial charge in [0.15, 0.2) is 0 Å². The van der Waals surface area contributed by atoms with E-state index >= 15 is 0 Å². The number of nitrogens with zero attached hydrogens (tertiary/aromatic N) is 1. The van der Waals surface area contributed by atoms with Gasteiger partial charge in [-0.05, 0) is 66.1 Å². The van der Waals surface area contributed by atoms with Gasteiger partial charge in [-0.1, -0.05) is 41.4 Å². The molecule has 4 nitrogen and oxygen atoms in total. The first-order valence-electron chi connectivity index (χ1n) is 10.5. The Labute approximate surface area is 209 Å². The molecule has 184 valence electrons. The molecule has 1 heterocycles. The van der Waals surface area contributed by atoms with Crippen molar-refractivity contribution in [3.63, 3.8) is 0 Å². The highest BCUT2D eigenvalue weighted by molar-refractivity contribution is 6.34. The number of hydrogen-bond donors (Lipinski definition) is 1. The number of hydrogen-bond acceptors (Lipinski definition) is 3. The van der Waals surface area contributed by atoms with Crippen LogP contribution < -0.4 is 5.32 Å². The number of carbonyl (C=O) groups excluding carboxylic acids is 1. The van der Waals surface area contributed by atoms with E-state index in [2.05, 4.69) is 5.32 Å². The Morgan fingerprint density at radius 3 is 2.37 bits per heavy atom. The van der Waals surface area contributed by atoms with Crippen LogP contribution in [0, 0.1) is 12.7 Å². The van der Waals surface area contributed by atoms with Crippen molar-refractivity contribution in [2.24, 2.45) is 0 Å². The van der Waals surface area contributed by atoms with E-state index in [4.69, 9.17) is 28.0 Å². The Hall–Kier alpha value is -2.65. The molecule has 1 amide bonds. The third-order valence-electron chi connectivity index (χ3n) is 5.97. The zero-order valence-electron chi connectivity index (χ0n) is 18.6. The third kappa shape index (κ3) is 5.02. The summed E-state index contributed by atoms with van der Waals surface area (Å²) in [5.74, 6) is -0.956. The molecule has 0 aliphatic carbocycles. The zero-order valence-corrected chi connectivity index (χ0v) is 20.1. The Kier molecular flexibility index (Phi) is 6.85. The predicted octanol–water partition coefficient (Wildman–Crippen LogP) is 7.46. The first-order valence-corrected chi connectivity index (χ1v) is 11.3. The number of carbonyl (C=O) groups is 1. The van der Waals surface area contributed by atoms with Crippen molar-refractivity contribution in [1.29, 1.82) is 0 Å². The quantitative estimate of drug-likeness (QED) is 0.358. The van der Waals surface area contributed by atoms with Gasteiger partial charge in [-0.2, -0.15) is 18.2 Å². The minimum Gasteiger partial charge on any atom is -0.322 e. The highest BCUT2D eigenvalue weighted by atomic mass is 35.5. The molecular weight excluding hydrogens is 507 g/mol. The fraction of sp³-hybridized carbons (Fsp3) is 0.240. The van der Waals surface area contributed by atoms with E-state index in [-0.39, 0.29) is 21.3 Å². The largest absolute Gasteiger partial charge is 0.423 e. The van der Waals surface area contributed by atoms with Crippen LogP contribution in [-0.4, -0.2) is 24.2 Å². The molecule has 1 N–H and O–H groups in total. The molecule has 0 radical (unpaired) electrons. The van der Waals surface area contributed by atoms with Gasteiger partial charge in [0.25, 0.3) is 5.91 Å². The SMILES string of the molecule is Cc1cc(C2CC(c3cc(Cl)cc(Cl)c3)(C(F)(F)F)ON2C)ccc1C(=O)Nc1cccc(F)c1. The maximum atomic E-state index is 14.4. The fourth-order valence-corrected chi connectivity index (χ4v) is 4.80. The van der Waals surface area contributed by atoms with Gasteiger partial charge >= 0.3 is 6.18 Å². The minimum absolute atomic E-state index is 0.0651. The zero-order chi connectivity index (χ0) is 25.5. The number of amides is 1. The van der Waals surface area contributed by atoms with Crippen molar-refractivity contribution in [3.8, 4) is 0 Å². The van der Waals surface area contributed by atoms with Crippen LogP contribution in [0.1, 0.15) is 39.5 Å². The van der Waals surface area contributed by atoms with Crippen LogP contribution >= 0.6 is 23.2 Å². The number of rotatable bonds is 4. The molecule has 0 spiro atoms. The second-order valence-corrected chi connectivity index (χ2v) is 9.25. The summed E-state index contributed by atoms with van der Waals surface area (Å²) in [5, 5.41) is 3.90. The van der Waals surface area contributed by atoms with E-state index in [0.29, 0.717) is 16.7 Å². The third-order valence-corrected chi connectivity index (χ3v) is 6.41. The summed E-state index contributed by atoms with van der Waals surface area (Å²) in [6.07, 6.45) is -5.21.